The average molecular weight is 264 g/mol. The lowest BCUT2D eigenvalue weighted by atomic mass is 9.88. The first-order valence-corrected chi connectivity index (χ1v) is 7.09. The molecule has 1 aromatic carbocycles. The first-order valence-electron chi connectivity index (χ1n) is 6.71. The molecule has 0 unspecified atom stereocenters. The number of carbonyl (C=O) groups excluding carboxylic acids is 1. The molecule has 2 aliphatic rings. The van der Waals surface area contributed by atoms with E-state index >= 15 is 0 Å². The van der Waals surface area contributed by atoms with Gasteiger partial charge in [0.05, 0.1) is 0 Å². The van der Waals surface area contributed by atoms with E-state index in [-0.39, 0.29) is 11.8 Å². The van der Waals surface area contributed by atoms with E-state index in [4.69, 9.17) is 11.6 Å². The van der Waals surface area contributed by atoms with Gasteiger partial charge in [0.1, 0.15) is 0 Å². The predicted molar refractivity (Wildman–Crippen MR) is 73.8 cm³/mol. The second kappa shape index (κ2) is 4.58. The first-order chi connectivity index (χ1) is 8.65. The fourth-order valence-electron chi connectivity index (χ4n) is 3.53. The van der Waals surface area contributed by atoms with E-state index in [1.165, 1.54) is 19.3 Å². The van der Waals surface area contributed by atoms with E-state index in [1.54, 1.807) is 0 Å². The van der Waals surface area contributed by atoms with Crippen molar-refractivity contribution in [1.82, 2.24) is 0 Å². The van der Waals surface area contributed by atoms with Gasteiger partial charge in [-0.15, -0.1) is 0 Å². The summed E-state index contributed by atoms with van der Waals surface area (Å²) in [6.45, 7) is 1.94. The second-order valence-corrected chi connectivity index (χ2v) is 6.09. The molecule has 1 N–H and O–H groups in total. The lowest BCUT2D eigenvalue weighted by Crippen LogP contribution is -2.27. The molecule has 0 aliphatic heterocycles. The van der Waals surface area contributed by atoms with Gasteiger partial charge in [0.15, 0.2) is 0 Å². The Labute approximate surface area is 113 Å². The van der Waals surface area contributed by atoms with E-state index in [1.807, 2.05) is 25.1 Å². The smallest absolute Gasteiger partial charge is 0.227 e. The molecule has 0 aromatic heterocycles. The highest BCUT2D eigenvalue weighted by molar-refractivity contribution is 6.31. The fraction of sp³-hybridized carbons (Fsp3) is 0.533. The first kappa shape index (κ1) is 12.0. The Morgan fingerprint density at radius 3 is 2.83 bits per heavy atom. The third kappa shape index (κ3) is 2.03. The molecular weight excluding hydrogens is 246 g/mol. The van der Waals surface area contributed by atoms with Crippen LogP contribution in [0, 0.1) is 24.7 Å². The van der Waals surface area contributed by atoms with Crippen LogP contribution in [0.4, 0.5) is 5.69 Å². The SMILES string of the molecule is Cc1c(Cl)cccc1NC(=O)[C@H]1C[C@H]2CC[C@H]1C2. The van der Waals surface area contributed by atoms with Crippen LogP contribution in [0.5, 0.6) is 0 Å². The maximum Gasteiger partial charge on any atom is 0.227 e. The molecule has 96 valence electrons. The molecule has 3 heteroatoms. The summed E-state index contributed by atoms with van der Waals surface area (Å²) in [5.41, 5.74) is 1.81. The minimum Gasteiger partial charge on any atom is -0.326 e. The normalized spacial score (nSPS) is 29.6. The number of anilines is 1. The largest absolute Gasteiger partial charge is 0.326 e. The molecule has 0 heterocycles. The molecule has 2 nitrogen and oxygen atoms in total. The number of nitrogens with one attached hydrogen (secondary N) is 1. The van der Waals surface area contributed by atoms with Gasteiger partial charge in [-0.1, -0.05) is 24.1 Å². The van der Waals surface area contributed by atoms with Gasteiger partial charge in [0, 0.05) is 16.6 Å². The van der Waals surface area contributed by atoms with Gasteiger partial charge in [-0.3, -0.25) is 4.79 Å². The zero-order valence-corrected chi connectivity index (χ0v) is 11.3. The number of hydrogen-bond acceptors (Lipinski definition) is 1. The van der Waals surface area contributed by atoms with Crippen molar-refractivity contribution in [3.8, 4) is 0 Å². The number of fused-ring (bicyclic) bond motifs is 2. The van der Waals surface area contributed by atoms with Gasteiger partial charge in [-0.2, -0.15) is 0 Å². The van der Waals surface area contributed by atoms with Gasteiger partial charge in [0.2, 0.25) is 5.91 Å². The van der Waals surface area contributed by atoms with E-state index < -0.39 is 0 Å². The highest BCUT2D eigenvalue weighted by Gasteiger charge is 2.43. The van der Waals surface area contributed by atoms with Crippen molar-refractivity contribution in [2.75, 3.05) is 5.32 Å². The number of hydrogen-bond donors (Lipinski definition) is 1. The summed E-state index contributed by atoms with van der Waals surface area (Å²) < 4.78 is 0. The fourth-order valence-corrected chi connectivity index (χ4v) is 3.71. The van der Waals surface area contributed by atoms with E-state index in [0.29, 0.717) is 10.9 Å². The molecule has 3 atom stereocenters. The van der Waals surface area contributed by atoms with Crippen molar-refractivity contribution < 1.29 is 4.79 Å². The van der Waals surface area contributed by atoms with E-state index in [2.05, 4.69) is 5.32 Å². The second-order valence-electron chi connectivity index (χ2n) is 5.68. The number of halogens is 1. The molecule has 2 saturated carbocycles. The molecule has 1 aromatic rings. The van der Waals surface area contributed by atoms with Crippen molar-refractivity contribution in [1.29, 1.82) is 0 Å². The van der Waals surface area contributed by atoms with E-state index in [9.17, 15) is 4.79 Å². The van der Waals surface area contributed by atoms with Crippen LogP contribution in [-0.2, 0) is 4.79 Å². The Morgan fingerprint density at radius 2 is 2.17 bits per heavy atom. The minimum absolute atomic E-state index is 0.188. The van der Waals surface area contributed by atoms with Gasteiger partial charge in [0.25, 0.3) is 0 Å². The average Bonchev–Trinajstić information content (AvgIpc) is 2.97. The van der Waals surface area contributed by atoms with Gasteiger partial charge in [-0.25, -0.2) is 0 Å². The monoisotopic (exact) mass is 263 g/mol. The zero-order chi connectivity index (χ0) is 12.7. The predicted octanol–water partition coefficient (Wildman–Crippen LogP) is 4.02. The van der Waals surface area contributed by atoms with Crippen LogP contribution in [0.2, 0.25) is 5.02 Å². The summed E-state index contributed by atoms with van der Waals surface area (Å²) in [5, 5.41) is 3.76. The van der Waals surface area contributed by atoms with Crippen molar-refractivity contribution in [3.05, 3.63) is 28.8 Å². The van der Waals surface area contributed by atoms with Crippen LogP contribution in [0.1, 0.15) is 31.2 Å². The van der Waals surface area contributed by atoms with Crippen molar-refractivity contribution in [3.63, 3.8) is 0 Å². The number of carbonyl (C=O) groups is 1. The number of benzene rings is 1. The van der Waals surface area contributed by atoms with Crippen molar-refractivity contribution >= 4 is 23.2 Å². The number of amides is 1. The molecule has 3 rings (SSSR count). The summed E-state index contributed by atoms with van der Waals surface area (Å²) in [4.78, 5) is 12.3. The minimum atomic E-state index is 0.188. The van der Waals surface area contributed by atoms with Crippen molar-refractivity contribution in [2.24, 2.45) is 17.8 Å². The third-order valence-corrected chi connectivity index (χ3v) is 5.01. The Hall–Kier alpha value is -1.02. The lowest BCUT2D eigenvalue weighted by Gasteiger charge is -2.21. The Bertz CT molecular complexity index is 485. The molecule has 0 saturated heterocycles. The molecule has 2 aliphatic carbocycles. The molecule has 18 heavy (non-hydrogen) atoms. The van der Waals surface area contributed by atoms with Crippen molar-refractivity contribution in [2.45, 2.75) is 32.6 Å². The summed E-state index contributed by atoms with van der Waals surface area (Å²) >= 11 is 6.07. The zero-order valence-electron chi connectivity index (χ0n) is 10.6. The molecular formula is C15H18ClNO. The third-order valence-electron chi connectivity index (χ3n) is 4.60. The Kier molecular flexibility index (Phi) is 3.06. The summed E-state index contributed by atoms with van der Waals surface area (Å²) in [6.07, 6.45) is 4.89. The standard InChI is InChI=1S/C15H18ClNO/c1-9-13(16)3-2-4-14(9)17-15(18)12-8-10-5-6-11(12)7-10/h2-4,10-12H,5-8H2,1H3,(H,17,18)/t10-,11-,12-/m0/s1. The summed E-state index contributed by atoms with van der Waals surface area (Å²) in [6, 6.07) is 5.65. The maximum absolute atomic E-state index is 12.3. The lowest BCUT2D eigenvalue weighted by molar-refractivity contribution is -0.121. The van der Waals surface area contributed by atoms with Crippen LogP contribution in [0.25, 0.3) is 0 Å². The quantitative estimate of drug-likeness (QED) is 0.858. The van der Waals surface area contributed by atoms with Crippen LogP contribution in [-0.4, -0.2) is 5.91 Å². The van der Waals surface area contributed by atoms with Crippen LogP contribution >= 0.6 is 11.6 Å². The summed E-state index contributed by atoms with van der Waals surface area (Å²) in [5.74, 6) is 1.83. The van der Waals surface area contributed by atoms with Crippen LogP contribution in [0.15, 0.2) is 18.2 Å². The Morgan fingerprint density at radius 1 is 1.33 bits per heavy atom. The highest BCUT2D eigenvalue weighted by Crippen LogP contribution is 2.48. The molecule has 0 spiro atoms. The molecule has 2 fully saturated rings. The van der Waals surface area contributed by atoms with E-state index in [0.717, 1.165) is 23.6 Å². The topological polar surface area (TPSA) is 29.1 Å². The molecule has 1 amide bonds. The van der Waals surface area contributed by atoms with Gasteiger partial charge < -0.3 is 5.32 Å². The number of rotatable bonds is 2. The maximum atomic E-state index is 12.3. The van der Waals surface area contributed by atoms with Crippen LogP contribution in [0.3, 0.4) is 0 Å². The van der Waals surface area contributed by atoms with Gasteiger partial charge >= 0.3 is 0 Å². The molecule has 2 bridgehead atoms. The highest BCUT2D eigenvalue weighted by atomic mass is 35.5. The molecule has 0 radical (unpaired) electrons. The van der Waals surface area contributed by atoms with Crippen LogP contribution < -0.4 is 5.32 Å². The Balaban J connectivity index is 1.73. The summed E-state index contributed by atoms with van der Waals surface area (Å²) in [7, 11) is 0. The van der Waals surface area contributed by atoms with Gasteiger partial charge in [-0.05, 0) is 55.7 Å².